The lowest BCUT2D eigenvalue weighted by molar-refractivity contribution is -0.137. The van der Waals surface area contributed by atoms with Crippen LogP contribution in [-0.2, 0) is 9.59 Å². The van der Waals surface area contributed by atoms with Crippen LogP contribution in [0.4, 0.5) is 0 Å². The molecule has 8 heteroatoms. The van der Waals surface area contributed by atoms with E-state index in [9.17, 15) is 14.4 Å². The van der Waals surface area contributed by atoms with Gasteiger partial charge in [-0.1, -0.05) is 6.92 Å². The Morgan fingerprint density at radius 2 is 1.96 bits per heavy atom. The van der Waals surface area contributed by atoms with Gasteiger partial charge in [0.05, 0.1) is 12.8 Å². The molecule has 1 atom stereocenters. The fourth-order valence-electron chi connectivity index (χ4n) is 3.67. The summed E-state index contributed by atoms with van der Waals surface area (Å²) in [5.41, 5.74) is 0. The van der Waals surface area contributed by atoms with Crippen molar-refractivity contribution in [1.29, 1.82) is 0 Å². The highest BCUT2D eigenvalue weighted by atomic mass is 16.3. The zero-order valence-electron chi connectivity index (χ0n) is 15.9. The van der Waals surface area contributed by atoms with Gasteiger partial charge in [0.25, 0.3) is 5.91 Å². The van der Waals surface area contributed by atoms with Gasteiger partial charge in [-0.3, -0.25) is 19.3 Å². The van der Waals surface area contributed by atoms with Crippen LogP contribution in [0.15, 0.2) is 22.8 Å². The number of furan rings is 1. The standard InChI is InChI=1S/C19H28N4O4/c1-2-7-20-17(24)14-21-9-11-22(12-10-21)18(25)15-5-3-8-23(15)19(26)16-6-4-13-27-16/h4,6,13,15H,2-3,5,7-12,14H2,1H3,(H,20,24). The fourth-order valence-corrected chi connectivity index (χ4v) is 3.67. The molecule has 2 aliphatic heterocycles. The molecule has 148 valence electrons. The molecular weight excluding hydrogens is 348 g/mol. The van der Waals surface area contributed by atoms with Crippen molar-refractivity contribution in [2.24, 2.45) is 0 Å². The normalized spacial score (nSPS) is 20.7. The van der Waals surface area contributed by atoms with Crippen LogP contribution in [-0.4, -0.2) is 84.3 Å². The van der Waals surface area contributed by atoms with Crippen LogP contribution in [0.3, 0.4) is 0 Å². The number of hydrogen-bond donors (Lipinski definition) is 1. The van der Waals surface area contributed by atoms with E-state index in [-0.39, 0.29) is 23.5 Å². The van der Waals surface area contributed by atoms with Gasteiger partial charge >= 0.3 is 0 Å². The average molecular weight is 376 g/mol. The Balaban J connectivity index is 1.51. The van der Waals surface area contributed by atoms with E-state index in [2.05, 4.69) is 10.2 Å². The van der Waals surface area contributed by atoms with Crippen LogP contribution in [0.2, 0.25) is 0 Å². The van der Waals surface area contributed by atoms with Crippen molar-refractivity contribution >= 4 is 17.7 Å². The first-order valence-electron chi connectivity index (χ1n) is 9.72. The lowest BCUT2D eigenvalue weighted by Crippen LogP contribution is -2.55. The molecule has 1 N–H and O–H groups in total. The maximum absolute atomic E-state index is 13.0. The van der Waals surface area contributed by atoms with E-state index in [0.29, 0.717) is 52.2 Å². The molecular formula is C19H28N4O4. The maximum atomic E-state index is 13.0. The maximum Gasteiger partial charge on any atom is 0.290 e. The Bertz CT molecular complexity index is 653. The molecule has 8 nitrogen and oxygen atoms in total. The van der Waals surface area contributed by atoms with Crippen LogP contribution < -0.4 is 5.32 Å². The van der Waals surface area contributed by atoms with Crippen molar-refractivity contribution in [1.82, 2.24) is 20.0 Å². The van der Waals surface area contributed by atoms with E-state index in [1.807, 2.05) is 11.8 Å². The lowest BCUT2D eigenvalue weighted by atomic mass is 10.1. The molecule has 3 heterocycles. The van der Waals surface area contributed by atoms with Crippen LogP contribution in [0, 0.1) is 0 Å². The van der Waals surface area contributed by atoms with Gasteiger partial charge in [-0.2, -0.15) is 0 Å². The lowest BCUT2D eigenvalue weighted by Gasteiger charge is -2.37. The summed E-state index contributed by atoms with van der Waals surface area (Å²) in [6.07, 6.45) is 3.89. The number of hydrogen-bond acceptors (Lipinski definition) is 5. The molecule has 27 heavy (non-hydrogen) atoms. The van der Waals surface area contributed by atoms with E-state index in [1.165, 1.54) is 6.26 Å². The quantitative estimate of drug-likeness (QED) is 0.784. The smallest absolute Gasteiger partial charge is 0.290 e. The number of piperazine rings is 1. The Hall–Kier alpha value is -2.35. The Morgan fingerprint density at radius 3 is 2.63 bits per heavy atom. The second kappa shape index (κ2) is 9.03. The van der Waals surface area contributed by atoms with Crippen LogP contribution in [0.1, 0.15) is 36.7 Å². The molecule has 0 radical (unpaired) electrons. The molecule has 0 bridgehead atoms. The summed E-state index contributed by atoms with van der Waals surface area (Å²) in [5.74, 6) is 0.0878. The SMILES string of the molecule is CCCNC(=O)CN1CCN(C(=O)C2CCCN2C(=O)c2ccco2)CC1. The molecule has 0 spiro atoms. The first-order chi connectivity index (χ1) is 13.1. The average Bonchev–Trinajstić information content (AvgIpc) is 3.37. The largest absolute Gasteiger partial charge is 0.459 e. The fraction of sp³-hybridized carbons (Fsp3) is 0.632. The highest BCUT2D eigenvalue weighted by Crippen LogP contribution is 2.22. The zero-order valence-corrected chi connectivity index (χ0v) is 15.9. The minimum absolute atomic E-state index is 0.00231. The van der Waals surface area contributed by atoms with E-state index in [4.69, 9.17) is 4.42 Å². The van der Waals surface area contributed by atoms with Crippen molar-refractivity contribution in [2.75, 3.05) is 45.8 Å². The van der Waals surface area contributed by atoms with Crippen molar-refractivity contribution < 1.29 is 18.8 Å². The van der Waals surface area contributed by atoms with E-state index < -0.39 is 6.04 Å². The van der Waals surface area contributed by atoms with Gasteiger partial charge in [-0.15, -0.1) is 0 Å². The predicted octanol–water partition coefficient (Wildman–Crippen LogP) is 0.555. The van der Waals surface area contributed by atoms with Gasteiger partial charge < -0.3 is 19.5 Å². The summed E-state index contributed by atoms with van der Waals surface area (Å²) in [6.45, 7) is 6.17. The van der Waals surface area contributed by atoms with Crippen molar-refractivity contribution in [3.8, 4) is 0 Å². The molecule has 3 rings (SSSR count). The third kappa shape index (κ3) is 4.68. The third-order valence-electron chi connectivity index (χ3n) is 5.15. The summed E-state index contributed by atoms with van der Waals surface area (Å²) in [6, 6.07) is 2.89. The van der Waals surface area contributed by atoms with Gasteiger partial charge in [-0.25, -0.2) is 0 Å². The minimum atomic E-state index is -0.415. The third-order valence-corrected chi connectivity index (χ3v) is 5.15. The van der Waals surface area contributed by atoms with Crippen LogP contribution in [0.25, 0.3) is 0 Å². The Labute approximate surface area is 159 Å². The number of rotatable bonds is 6. The Kier molecular flexibility index (Phi) is 6.49. The first-order valence-corrected chi connectivity index (χ1v) is 9.72. The van der Waals surface area contributed by atoms with Crippen LogP contribution >= 0.6 is 0 Å². The number of nitrogens with one attached hydrogen (secondary N) is 1. The zero-order chi connectivity index (χ0) is 19.2. The van der Waals surface area contributed by atoms with Crippen LogP contribution in [0.5, 0.6) is 0 Å². The van der Waals surface area contributed by atoms with E-state index in [0.717, 1.165) is 12.8 Å². The molecule has 2 fully saturated rings. The monoisotopic (exact) mass is 376 g/mol. The van der Waals surface area contributed by atoms with Gasteiger partial charge in [-0.05, 0) is 31.4 Å². The van der Waals surface area contributed by atoms with Gasteiger partial charge in [0.2, 0.25) is 11.8 Å². The topological polar surface area (TPSA) is 86.1 Å². The van der Waals surface area contributed by atoms with Crippen molar-refractivity contribution in [3.63, 3.8) is 0 Å². The second-order valence-electron chi connectivity index (χ2n) is 7.09. The van der Waals surface area contributed by atoms with Gasteiger partial charge in [0.1, 0.15) is 6.04 Å². The molecule has 0 aliphatic carbocycles. The van der Waals surface area contributed by atoms with Gasteiger partial charge in [0.15, 0.2) is 5.76 Å². The summed E-state index contributed by atoms with van der Waals surface area (Å²) in [7, 11) is 0. The predicted molar refractivity (Wildman–Crippen MR) is 99.1 cm³/mol. The highest BCUT2D eigenvalue weighted by Gasteiger charge is 2.38. The number of carbonyl (C=O) groups is 3. The minimum Gasteiger partial charge on any atom is -0.459 e. The first kappa shape index (κ1) is 19.4. The summed E-state index contributed by atoms with van der Waals surface area (Å²) >= 11 is 0. The molecule has 0 aromatic carbocycles. The molecule has 2 aliphatic rings. The summed E-state index contributed by atoms with van der Waals surface area (Å²) in [5, 5.41) is 2.88. The summed E-state index contributed by atoms with van der Waals surface area (Å²) < 4.78 is 5.20. The van der Waals surface area contributed by atoms with Crippen molar-refractivity contribution in [3.05, 3.63) is 24.2 Å². The number of nitrogens with zero attached hydrogens (tertiary/aromatic N) is 3. The van der Waals surface area contributed by atoms with Crippen molar-refractivity contribution in [2.45, 2.75) is 32.2 Å². The molecule has 1 unspecified atom stereocenters. The number of likely N-dealkylation sites (tertiary alicyclic amines) is 1. The number of carbonyl (C=O) groups excluding carboxylic acids is 3. The molecule has 0 saturated carbocycles. The second-order valence-corrected chi connectivity index (χ2v) is 7.09. The highest BCUT2D eigenvalue weighted by molar-refractivity contribution is 5.96. The molecule has 1 aromatic heterocycles. The Morgan fingerprint density at radius 1 is 1.19 bits per heavy atom. The number of amides is 3. The van der Waals surface area contributed by atoms with Gasteiger partial charge in [0, 0.05) is 39.3 Å². The van der Waals surface area contributed by atoms with E-state index >= 15 is 0 Å². The van der Waals surface area contributed by atoms with E-state index in [1.54, 1.807) is 17.0 Å². The molecule has 2 saturated heterocycles. The molecule has 3 amide bonds. The molecule has 1 aromatic rings. The summed E-state index contributed by atoms with van der Waals surface area (Å²) in [4.78, 5) is 42.9.